The molecule has 1 aromatic carbocycles. The van der Waals surface area contributed by atoms with Crippen molar-refractivity contribution in [1.82, 2.24) is 0 Å². The van der Waals surface area contributed by atoms with Gasteiger partial charge in [-0.15, -0.1) is 0 Å². The molecule has 3 nitrogen and oxygen atoms in total. The summed E-state index contributed by atoms with van der Waals surface area (Å²) in [5.41, 5.74) is 1.97. The zero-order valence-electron chi connectivity index (χ0n) is 10.1. The lowest BCUT2D eigenvalue weighted by molar-refractivity contribution is 0.0630. The Bertz CT molecular complexity index is 498. The molecule has 0 bridgehead atoms. The molecule has 0 N–H and O–H groups in total. The van der Waals surface area contributed by atoms with E-state index in [9.17, 15) is 4.79 Å². The number of hydrogen-bond donors (Lipinski definition) is 0. The lowest BCUT2D eigenvalue weighted by atomic mass is 10.0. The van der Waals surface area contributed by atoms with E-state index in [0.717, 1.165) is 11.1 Å². The van der Waals surface area contributed by atoms with E-state index in [1.165, 1.54) is 7.11 Å². The molecule has 1 unspecified atom stereocenters. The van der Waals surface area contributed by atoms with Gasteiger partial charge in [0.1, 0.15) is 6.10 Å². The molecule has 1 aliphatic rings. The number of benzene rings is 1. The first-order valence-electron chi connectivity index (χ1n) is 5.66. The molecule has 0 spiro atoms. The minimum atomic E-state index is -0.682. The van der Waals surface area contributed by atoms with Crippen LogP contribution in [0.3, 0.4) is 0 Å². The minimum absolute atomic E-state index is 0.400. The van der Waals surface area contributed by atoms with Crippen LogP contribution < -0.4 is 0 Å². The standard InChI is InChI=1S/C15H14O3/c1-17-15(16)18-14-10-6-5-9-13(14)11-12-7-3-2-4-8-12/h2-11,14H,1H3. The van der Waals surface area contributed by atoms with Crippen LogP contribution in [0.25, 0.3) is 6.08 Å². The van der Waals surface area contributed by atoms with Gasteiger partial charge in [0.25, 0.3) is 0 Å². The fraction of sp³-hybridized carbons (Fsp3) is 0.133. The quantitative estimate of drug-likeness (QED) is 0.746. The normalized spacial score (nSPS) is 19.8. The van der Waals surface area contributed by atoms with Crippen molar-refractivity contribution < 1.29 is 14.3 Å². The Morgan fingerprint density at radius 2 is 2.00 bits per heavy atom. The molecule has 0 saturated carbocycles. The monoisotopic (exact) mass is 242 g/mol. The van der Waals surface area contributed by atoms with Gasteiger partial charge in [-0.25, -0.2) is 4.79 Å². The summed E-state index contributed by atoms with van der Waals surface area (Å²) in [5, 5.41) is 0. The summed E-state index contributed by atoms with van der Waals surface area (Å²) in [4.78, 5) is 11.1. The number of methoxy groups -OCH3 is 1. The third-order valence-electron chi connectivity index (χ3n) is 2.54. The van der Waals surface area contributed by atoms with E-state index in [1.807, 2.05) is 60.7 Å². The van der Waals surface area contributed by atoms with Gasteiger partial charge in [-0.3, -0.25) is 0 Å². The third kappa shape index (κ3) is 3.10. The van der Waals surface area contributed by atoms with Crippen molar-refractivity contribution in [3.8, 4) is 0 Å². The highest BCUT2D eigenvalue weighted by molar-refractivity contribution is 5.64. The largest absolute Gasteiger partial charge is 0.508 e. The molecule has 0 aromatic heterocycles. The lowest BCUT2D eigenvalue weighted by Gasteiger charge is -2.16. The SMILES string of the molecule is COC(=O)OC1C=CC=CC1=Cc1ccccc1. The van der Waals surface area contributed by atoms with Crippen LogP contribution in [0.1, 0.15) is 5.56 Å². The summed E-state index contributed by atoms with van der Waals surface area (Å²) in [6, 6.07) is 9.87. The van der Waals surface area contributed by atoms with Gasteiger partial charge in [0, 0.05) is 0 Å². The van der Waals surface area contributed by atoms with Crippen LogP contribution in [0.5, 0.6) is 0 Å². The Labute approximate surface area is 106 Å². The Balaban J connectivity index is 2.19. The number of rotatable bonds is 2. The van der Waals surface area contributed by atoms with E-state index in [2.05, 4.69) is 4.74 Å². The van der Waals surface area contributed by atoms with Crippen LogP contribution in [0, 0.1) is 0 Å². The van der Waals surface area contributed by atoms with Gasteiger partial charge in [-0.2, -0.15) is 0 Å². The van der Waals surface area contributed by atoms with E-state index < -0.39 is 12.3 Å². The van der Waals surface area contributed by atoms with Crippen LogP contribution in [-0.4, -0.2) is 19.4 Å². The molecule has 0 aliphatic heterocycles. The topological polar surface area (TPSA) is 35.5 Å². The molecular formula is C15H14O3. The van der Waals surface area contributed by atoms with Crippen molar-refractivity contribution in [3.05, 3.63) is 65.8 Å². The van der Waals surface area contributed by atoms with Crippen LogP contribution in [0.4, 0.5) is 4.79 Å². The van der Waals surface area contributed by atoms with Gasteiger partial charge in [0.05, 0.1) is 7.11 Å². The zero-order chi connectivity index (χ0) is 12.8. The lowest BCUT2D eigenvalue weighted by Crippen LogP contribution is -2.18. The highest BCUT2D eigenvalue weighted by atomic mass is 16.7. The van der Waals surface area contributed by atoms with Gasteiger partial charge in [-0.05, 0) is 23.3 Å². The van der Waals surface area contributed by atoms with E-state index in [4.69, 9.17) is 4.74 Å². The van der Waals surface area contributed by atoms with Gasteiger partial charge in [-0.1, -0.05) is 48.6 Å². The van der Waals surface area contributed by atoms with Crippen molar-refractivity contribution in [2.45, 2.75) is 6.10 Å². The molecular weight excluding hydrogens is 228 g/mol. The maximum absolute atomic E-state index is 11.1. The molecule has 3 heteroatoms. The first-order valence-corrected chi connectivity index (χ1v) is 5.66. The summed E-state index contributed by atoms with van der Waals surface area (Å²) >= 11 is 0. The second-order valence-corrected chi connectivity index (χ2v) is 3.79. The van der Waals surface area contributed by atoms with E-state index in [-0.39, 0.29) is 0 Å². The van der Waals surface area contributed by atoms with Gasteiger partial charge >= 0.3 is 6.16 Å². The van der Waals surface area contributed by atoms with E-state index in [1.54, 1.807) is 0 Å². The summed E-state index contributed by atoms with van der Waals surface area (Å²) in [5.74, 6) is 0. The van der Waals surface area contributed by atoms with Crippen molar-refractivity contribution in [2.75, 3.05) is 7.11 Å². The zero-order valence-corrected chi connectivity index (χ0v) is 10.1. The van der Waals surface area contributed by atoms with Gasteiger partial charge < -0.3 is 9.47 Å². The highest BCUT2D eigenvalue weighted by Gasteiger charge is 2.16. The van der Waals surface area contributed by atoms with E-state index in [0.29, 0.717) is 0 Å². The van der Waals surface area contributed by atoms with Crippen LogP contribution >= 0.6 is 0 Å². The number of carbonyl (C=O) groups is 1. The van der Waals surface area contributed by atoms with Crippen LogP contribution in [0.2, 0.25) is 0 Å². The molecule has 1 atom stereocenters. The number of allylic oxidation sites excluding steroid dienone is 2. The molecule has 1 aliphatic carbocycles. The fourth-order valence-corrected chi connectivity index (χ4v) is 1.67. The second-order valence-electron chi connectivity index (χ2n) is 3.79. The fourth-order valence-electron chi connectivity index (χ4n) is 1.67. The molecule has 0 heterocycles. The van der Waals surface area contributed by atoms with Crippen LogP contribution in [-0.2, 0) is 9.47 Å². The van der Waals surface area contributed by atoms with Gasteiger partial charge in [0.2, 0.25) is 0 Å². The Morgan fingerprint density at radius 3 is 2.72 bits per heavy atom. The van der Waals surface area contributed by atoms with Crippen molar-refractivity contribution in [2.24, 2.45) is 0 Å². The molecule has 2 rings (SSSR count). The average molecular weight is 242 g/mol. The number of ether oxygens (including phenoxy) is 2. The predicted molar refractivity (Wildman–Crippen MR) is 70.0 cm³/mol. The minimum Gasteiger partial charge on any atom is -0.438 e. The van der Waals surface area contributed by atoms with Gasteiger partial charge in [0.15, 0.2) is 0 Å². The maximum atomic E-state index is 11.1. The molecule has 18 heavy (non-hydrogen) atoms. The molecule has 0 fully saturated rings. The smallest absolute Gasteiger partial charge is 0.438 e. The molecule has 92 valence electrons. The summed E-state index contributed by atoms with van der Waals surface area (Å²) < 4.78 is 9.66. The van der Waals surface area contributed by atoms with Crippen LogP contribution in [0.15, 0.2) is 60.2 Å². The number of carbonyl (C=O) groups excluding carboxylic acids is 1. The molecule has 1 aromatic rings. The van der Waals surface area contributed by atoms with E-state index >= 15 is 0 Å². The molecule has 0 radical (unpaired) electrons. The Kier molecular flexibility index (Phi) is 3.97. The Morgan fingerprint density at radius 1 is 1.22 bits per heavy atom. The second kappa shape index (κ2) is 5.87. The van der Waals surface area contributed by atoms with Crippen molar-refractivity contribution in [3.63, 3.8) is 0 Å². The predicted octanol–water partition coefficient (Wildman–Crippen LogP) is 3.35. The first-order chi connectivity index (χ1) is 8.79. The summed E-state index contributed by atoms with van der Waals surface area (Å²) in [7, 11) is 1.30. The number of hydrogen-bond acceptors (Lipinski definition) is 3. The third-order valence-corrected chi connectivity index (χ3v) is 2.54. The summed E-state index contributed by atoms with van der Waals surface area (Å²) in [6.45, 7) is 0. The maximum Gasteiger partial charge on any atom is 0.508 e. The molecule has 0 amide bonds. The van der Waals surface area contributed by atoms with Crippen molar-refractivity contribution >= 4 is 12.2 Å². The molecule has 0 saturated heterocycles. The first kappa shape index (κ1) is 12.2. The summed E-state index contributed by atoms with van der Waals surface area (Å²) in [6.07, 6.45) is 8.38. The highest BCUT2D eigenvalue weighted by Crippen LogP contribution is 2.19. The average Bonchev–Trinajstić information content (AvgIpc) is 2.42. The Hall–Kier alpha value is -2.29. The van der Waals surface area contributed by atoms with Crippen molar-refractivity contribution in [1.29, 1.82) is 0 Å².